The number of amides is 1. The lowest BCUT2D eigenvalue weighted by molar-refractivity contribution is -0.133. The molecular weight excluding hydrogens is 357 g/mol. The molecule has 7 heteroatoms. The Morgan fingerprint density at radius 1 is 1.07 bits per heavy atom. The van der Waals surface area contributed by atoms with Gasteiger partial charge < -0.3 is 14.4 Å². The molecule has 3 heterocycles. The van der Waals surface area contributed by atoms with Gasteiger partial charge in [0.1, 0.15) is 12.4 Å². The lowest BCUT2D eigenvalue weighted by Gasteiger charge is -2.32. The van der Waals surface area contributed by atoms with E-state index in [0.717, 1.165) is 37.4 Å². The Labute approximate surface area is 163 Å². The lowest BCUT2D eigenvalue weighted by atomic mass is 10.1. The van der Waals surface area contributed by atoms with Crippen LogP contribution in [-0.2, 0) is 11.3 Å². The van der Waals surface area contributed by atoms with Crippen LogP contribution in [0.5, 0.6) is 0 Å². The predicted molar refractivity (Wildman–Crippen MR) is 105 cm³/mol. The summed E-state index contributed by atoms with van der Waals surface area (Å²) in [5.41, 5.74) is 3.00. The SMILES string of the molecule is CN1CCN(C(=O)Cn2cnc(-c3cccc(F)c3)c2-c2ccncc2)CC1. The molecule has 1 fully saturated rings. The monoisotopic (exact) mass is 379 g/mol. The Morgan fingerprint density at radius 3 is 2.54 bits per heavy atom. The molecule has 0 N–H and O–H groups in total. The summed E-state index contributed by atoms with van der Waals surface area (Å²) in [6.45, 7) is 3.41. The molecule has 144 valence electrons. The molecule has 1 aliphatic heterocycles. The molecule has 3 aromatic rings. The standard InChI is InChI=1S/C21H22FN5O/c1-25-9-11-26(12-10-25)19(28)14-27-15-24-20(17-3-2-4-18(22)13-17)21(27)16-5-7-23-8-6-16/h2-8,13,15H,9-12,14H2,1H3. The normalized spacial score (nSPS) is 15.0. The van der Waals surface area contributed by atoms with Crippen LogP contribution in [0, 0.1) is 5.82 Å². The maximum Gasteiger partial charge on any atom is 0.242 e. The Bertz CT molecular complexity index is 964. The summed E-state index contributed by atoms with van der Waals surface area (Å²) in [7, 11) is 2.06. The van der Waals surface area contributed by atoms with Crippen molar-refractivity contribution in [2.24, 2.45) is 0 Å². The first-order chi connectivity index (χ1) is 13.6. The fraction of sp³-hybridized carbons (Fsp3) is 0.286. The minimum atomic E-state index is -0.318. The molecular formula is C21H22FN5O. The zero-order valence-electron chi connectivity index (χ0n) is 15.8. The van der Waals surface area contributed by atoms with Crippen LogP contribution < -0.4 is 0 Å². The Balaban J connectivity index is 1.69. The number of imidazole rings is 1. The number of piperazine rings is 1. The average Bonchev–Trinajstić information content (AvgIpc) is 3.12. The maximum atomic E-state index is 13.8. The zero-order valence-corrected chi connectivity index (χ0v) is 15.8. The molecule has 1 amide bonds. The molecule has 0 bridgehead atoms. The summed E-state index contributed by atoms with van der Waals surface area (Å²) in [4.78, 5) is 25.5. The van der Waals surface area contributed by atoms with Gasteiger partial charge in [-0.1, -0.05) is 12.1 Å². The smallest absolute Gasteiger partial charge is 0.242 e. The highest BCUT2D eigenvalue weighted by atomic mass is 19.1. The number of carbonyl (C=O) groups is 1. The van der Waals surface area contributed by atoms with Gasteiger partial charge in [-0.3, -0.25) is 9.78 Å². The highest BCUT2D eigenvalue weighted by molar-refractivity contribution is 5.81. The number of hydrogen-bond acceptors (Lipinski definition) is 4. The first-order valence-electron chi connectivity index (χ1n) is 9.29. The molecule has 0 atom stereocenters. The van der Waals surface area contributed by atoms with Crippen LogP contribution in [0.3, 0.4) is 0 Å². The quantitative estimate of drug-likeness (QED) is 0.699. The summed E-state index contributed by atoms with van der Waals surface area (Å²) in [6.07, 6.45) is 5.05. The van der Waals surface area contributed by atoms with Crippen molar-refractivity contribution in [1.29, 1.82) is 0 Å². The number of halogens is 1. The molecule has 28 heavy (non-hydrogen) atoms. The Kier molecular flexibility index (Phi) is 5.16. The van der Waals surface area contributed by atoms with Crippen LogP contribution in [0.1, 0.15) is 0 Å². The third kappa shape index (κ3) is 3.80. The minimum Gasteiger partial charge on any atom is -0.339 e. The van der Waals surface area contributed by atoms with Gasteiger partial charge in [0.05, 0.1) is 17.7 Å². The van der Waals surface area contributed by atoms with Crippen LogP contribution >= 0.6 is 0 Å². The van der Waals surface area contributed by atoms with E-state index in [1.165, 1.54) is 12.1 Å². The fourth-order valence-electron chi connectivity index (χ4n) is 3.46. The molecule has 1 aromatic carbocycles. The minimum absolute atomic E-state index is 0.0617. The lowest BCUT2D eigenvalue weighted by Crippen LogP contribution is -2.48. The van der Waals surface area contributed by atoms with Gasteiger partial charge in [-0.15, -0.1) is 0 Å². The van der Waals surface area contributed by atoms with E-state index in [0.29, 0.717) is 11.3 Å². The summed E-state index contributed by atoms with van der Waals surface area (Å²) in [5.74, 6) is -0.257. The molecule has 0 unspecified atom stereocenters. The Hall–Kier alpha value is -3.06. The van der Waals surface area contributed by atoms with E-state index in [2.05, 4.69) is 21.9 Å². The van der Waals surface area contributed by atoms with Crippen molar-refractivity contribution < 1.29 is 9.18 Å². The van der Waals surface area contributed by atoms with Gasteiger partial charge in [0.2, 0.25) is 5.91 Å². The highest BCUT2D eigenvalue weighted by Gasteiger charge is 2.22. The molecule has 0 radical (unpaired) electrons. The number of hydrogen-bond donors (Lipinski definition) is 0. The molecule has 6 nitrogen and oxygen atoms in total. The van der Waals surface area contributed by atoms with Gasteiger partial charge in [-0.2, -0.15) is 0 Å². The molecule has 4 rings (SSSR count). The van der Waals surface area contributed by atoms with Gasteiger partial charge >= 0.3 is 0 Å². The fourth-order valence-corrected chi connectivity index (χ4v) is 3.46. The van der Waals surface area contributed by atoms with Crippen LogP contribution in [-0.4, -0.2) is 63.5 Å². The third-order valence-corrected chi connectivity index (χ3v) is 5.05. The van der Waals surface area contributed by atoms with E-state index in [1.54, 1.807) is 24.8 Å². The molecule has 0 aliphatic carbocycles. The van der Waals surface area contributed by atoms with E-state index in [1.807, 2.05) is 27.7 Å². The molecule has 1 aliphatic rings. The first-order valence-corrected chi connectivity index (χ1v) is 9.29. The van der Waals surface area contributed by atoms with Crippen molar-refractivity contribution in [2.45, 2.75) is 6.54 Å². The largest absolute Gasteiger partial charge is 0.339 e. The van der Waals surface area contributed by atoms with Gasteiger partial charge in [-0.25, -0.2) is 9.37 Å². The van der Waals surface area contributed by atoms with Gasteiger partial charge in [0.25, 0.3) is 0 Å². The molecule has 1 saturated heterocycles. The predicted octanol–water partition coefficient (Wildman–Crippen LogP) is 2.53. The number of benzene rings is 1. The van der Waals surface area contributed by atoms with E-state index in [4.69, 9.17) is 0 Å². The summed E-state index contributed by atoms with van der Waals surface area (Å²) < 4.78 is 15.6. The summed E-state index contributed by atoms with van der Waals surface area (Å²) in [6, 6.07) is 10.1. The number of pyridine rings is 1. The van der Waals surface area contributed by atoms with Crippen molar-refractivity contribution in [3.05, 3.63) is 60.9 Å². The first kappa shape index (κ1) is 18.3. The van der Waals surface area contributed by atoms with Crippen molar-refractivity contribution in [3.63, 3.8) is 0 Å². The second kappa shape index (κ2) is 7.90. The van der Waals surface area contributed by atoms with E-state index < -0.39 is 0 Å². The van der Waals surface area contributed by atoms with Crippen molar-refractivity contribution >= 4 is 5.91 Å². The number of rotatable bonds is 4. The molecule has 2 aromatic heterocycles. The highest BCUT2D eigenvalue weighted by Crippen LogP contribution is 2.31. The van der Waals surface area contributed by atoms with E-state index >= 15 is 0 Å². The van der Waals surface area contributed by atoms with Crippen LogP contribution in [0.2, 0.25) is 0 Å². The molecule has 0 spiro atoms. The summed E-state index contributed by atoms with van der Waals surface area (Å²) in [5, 5.41) is 0. The van der Waals surface area contributed by atoms with Crippen molar-refractivity contribution in [1.82, 2.24) is 24.3 Å². The maximum absolute atomic E-state index is 13.8. The van der Waals surface area contributed by atoms with Crippen molar-refractivity contribution in [2.75, 3.05) is 33.2 Å². The van der Waals surface area contributed by atoms with Crippen LogP contribution in [0.15, 0.2) is 55.1 Å². The number of likely N-dealkylation sites (N-methyl/N-ethyl adjacent to an activating group) is 1. The number of carbonyl (C=O) groups excluding carboxylic acids is 1. The number of nitrogens with zero attached hydrogens (tertiary/aromatic N) is 5. The Morgan fingerprint density at radius 2 is 1.82 bits per heavy atom. The van der Waals surface area contributed by atoms with Gasteiger partial charge in [0, 0.05) is 49.7 Å². The van der Waals surface area contributed by atoms with Crippen molar-refractivity contribution in [3.8, 4) is 22.5 Å². The van der Waals surface area contributed by atoms with Crippen LogP contribution in [0.4, 0.5) is 4.39 Å². The zero-order chi connectivity index (χ0) is 19.5. The summed E-state index contributed by atoms with van der Waals surface area (Å²) >= 11 is 0. The van der Waals surface area contributed by atoms with E-state index in [9.17, 15) is 9.18 Å². The van der Waals surface area contributed by atoms with E-state index in [-0.39, 0.29) is 18.3 Å². The van der Waals surface area contributed by atoms with Crippen LogP contribution in [0.25, 0.3) is 22.5 Å². The number of aromatic nitrogens is 3. The third-order valence-electron chi connectivity index (χ3n) is 5.05. The topological polar surface area (TPSA) is 54.3 Å². The average molecular weight is 379 g/mol. The van der Waals surface area contributed by atoms with Gasteiger partial charge in [-0.05, 0) is 31.3 Å². The molecule has 0 saturated carbocycles. The second-order valence-electron chi connectivity index (χ2n) is 7.00. The van der Waals surface area contributed by atoms with Gasteiger partial charge in [0.15, 0.2) is 0 Å². The second-order valence-corrected chi connectivity index (χ2v) is 7.00.